The van der Waals surface area contributed by atoms with Crippen molar-refractivity contribution in [3.63, 3.8) is 0 Å². The van der Waals surface area contributed by atoms with E-state index in [9.17, 15) is 4.39 Å². The fraction of sp³-hybridized carbons (Fsp3) is 0.375. The molecule has 0 saturated carbocycles. The smallest absolute Gasteiger partial charge is 0.196 e. The molecule has 168 valence electrons. The van der Waals surface area contributed by atoms with Crippen molar-refractivity contribution in [1.82, 2.24) is 20.1 Å². The Kier molecular flexibility index (Phi) is 6.99. The number of rotatable bonds is 8. The normalized spacial score (nSPS) is 13.3. The molecule has 0 saturated heterocycles. The van der Waals surface area contributed by atoms with Gasteiger partial charge in [0.25, 0.3) is 0 Å². The standard InChI is InChI=1S/C24H29FN6O/c1-17(2)32-21-10-8-20(9-11-21)28-24(26-13-12-18-5-3-6-19(25)15-18)27-16-23-30-29-22-7-4-14-31(22)23/h3,5-6,8-11,15,17H,4,7,12-14,16H2,1-2H3,(H2,26,27,28). The number of benzene rings is 2. The molecule has 0 spiro atoms. The van der Waals surface area contributed by atoms with E-state index in [0.29, 0.717) is 25.5 Å². The number of fused-ring (bicyclic) bond motifs is 1. The highest BCUT2D eigenvalue weighted by molar-refractivity contribution is 5.93. The van der Waals surface area contributed by atoms with E-state index in [0.717, 1.165) is 48.0 Å². The van der Waals surface area contributed by atoms with Gasteiger partial charge in [-0.2, -0.15) is 0 Å². The van der Waals surface area contributed by atoms with E-state index < -0.39 is 0 Å². The zero-order chi connectivity index (χ0) is 22.3. The lowest BCUT2D eigenvalue weighted by atomic mass is 10.1. The topological polar surface area (TPSA) is 76.4 Å². The maximum absolute atomic E-state index is 13.5. The third kappa shape index (κ3) is 5.84. The van der Waals surface area contributed by atoms with E-state index >= 15 is 0 Å². The second kappa shape index (κ2) is 10.3. The largest absolute Gasteiger partial charge is 0.491 e. The van der Waals surface area contributed by atoms with E-state index in [1.807, 2.05) is 44.2 Å². The van der Waals surface area contributed by atoms with E-state index in [4.69, 9.17) is 9.73 Å². The first-order valence-corrected chi connectivity index (χ1v) is 11.0. The van der Waals surface area contributed by atoms with E-state index in [1.165, 1.54) is 6.07 Å². The van der Waals surface area contributed by atoms with Crippen molar-refractivity contribution < 1.29 is 9.13 Å². The lowest BCUT2D eigenvalue weighted by molar-refractivity contribution is 0.242. The Hall–Kier alpha value is -3.42. The van der Waals surface area contributed by atoms with Crippen LogP contribution in [0.4, 0.5) is 10.1 Å². The fourth-order valence-electron chi connectivity index (χ4n) is 3.66. The van der Waals surface area contributed by atoms with Gasteiger partial charge in [0.2, 0.25) is 0 Å². The highest BCUT2D eigenvalue weighted by Gasteiger charge is 2.16. The molecule has 0 atom stereocenters. The van der Waals surface area contributed by atoms with Crippen LogP contribution in [-0.4, -0.2) is 33.4 Å². The molecule has 32 heavy (non-hydrogen) atoms. The molecule has 0 bridgehead atoms. The Morgan fingerprint density at radius 2 is 2.03 bits per heavy atom. The number of guanidine groups is 1. The summed E-state index contributed by atoms with van der Waals surface area (Å²) in [4.78, 5) is 4.72. The number of aromatic nitrogens is 3. The Bertz CT molecular complexity index is 1060. The lowest BCUT2D eigenvalue weighted by Gasteiger charge is -2.14. The summed E-state index contributed by atoms with van der Waals surface area (Å²) in [6, 6.07) is 14.4. The Morgan fingerprint density at radius 3 is 2.81 bits per heavy atom. The summed E-state index contributed by atoms with van der Waals surface area (Å²) in [5.41, 5.74) is 1.83. The molecule has 0 fully saturated rings. The number of hydrogen-bond donors (Lipinski definition) is 2. The lowest BCUT2D eigenvalue weighted by Crippen LogP contribution is -2.32. The van der Waals surface area contributed by atoms with Gasteiger partial charge in [-0.1, -0.05) is 12.1 Å². The van der Waals surface area contributed by atoms with Crippen LogP contribution in [0, 0.1) is 5.82 Å². The first-order valence-electron chi connectivity index (χ1n) is 11.0. The van der Waals surface area contributed by atoms with Crippen molar-refractivity contribution >= 4 is 11.6 Å². The average molecular weight is 437 g/mol. The SMILES string of the molecule is CC(C)Oc1ccc(NC(=NCc2nnc3n2CCC3)NCCc2cccc(F)c2)cc1. The molecule has 1 aliphatic rings. The van der Waals surface area contributed by atoms with Crippen LogP contribution in [0.2, 0.25) is 0 Å². The first kappa shape index (κ1) is 21.8. The van der Waals surface area contributed by atoms with Gasteiger partial charge in [-0.15, -0.1) is 10.2 Å². The van der Waals surface area contributed by atoms with Crippen molar-refractivity contribution in [2.45, 2.75) is 52.3 Å². The third-order valence-electron chi connectivity index (χ3n) is 5.15. The van der Waals surface area contributed by atoms with Gasteiger partial charge in [-0.25, -0.2) is 9.38 Å². The number of ether oxygens (including phenoxy) is 1. The van der Waals surface area contributed by atoms with Gasteiger partial charge < -0.3 is 19.9 Å². The van der Waals surface area contributed by atoms with Crippen LogP contribution >= 0.6 is 0 Å². The van der Waals surface area contributed by atoms with Crippen LogP contribution in [-0.2, 0) is 25.9 Å². The first-order chi connectivity index (χ1) is 15.6. The van der Waals surface area contributed by atoms with Gasteiger partial charge in [0.05, 0.1) is 6.10 Å². The Morgan fingerprint density at radius 1 is 1.19 bits per heavy atom. The average Bonchev–Trinajstić information content (AvgIpc) is 3.37. The predicted octanol–water partition coefficient (Wildman–Crippen LogP) is 3.95. The van der Waals surface area contributed by atoms with Crippen molar-refractivity contribution in [3.05, 3.63) is 71.6 Å². The molecule has 2 heterocycles. The number of hydrogen-bond acceptors (Lipinski definition) is 4. The number of aliphatic imine (C=N–C) groups is 1. The van der Waals surface area contributed by atoms with Crippen LogP contribution in [0.1, 0.15) is 37.5 Å². The van der Waals surface area contributed by atoms with Crippen molar-refractivity contribution in [2.24, 2.45) is 4.99 Å². The van der Waals surface area contributed by atoms with Crippen LogP contribution in [0.15, 0.2) is 53.5 Å². The van der Waals surface area contributed by atoms with Gasteiger partial charge in [-0.3, -0.25) is 0 Å². The molecule has 0 amide bonds. The molecule has 1 aliphatic heterocycles. The van der Waals surface area contributed by atoms with E-state index in [2.05, 4.69) is 25.4 Å². The quantitative estimate of drug-likeness (QED) is 0.413. The highest BCUT2D eigenvalue weighted by atomic mass is 19.1. The molecule has 0 radical (unpaired) electrons. The third-order valence-corrected chi connectivity index (χ3v) is 5.15. The van der Waals surface area contributed by atoms with Crippen LogP contribution in [0.3, 0.4) is 0 Å². The minimum absolute atomic E-state index is 0.125. The van der Waals surface area contributed by atoms with E-state index in [1.54, 1.807) is 12.1 Å². The summed E-state index contributed by atoms with van der Waals surface area (Å²) in [5, 5.41) is 15.2. The van der Waals surface area contributed by atoms with Gasteiger partial charge in [0, 0.05) is 25.2 Å². The van der Waals surface area contributed by atoms with E-state index in [-0.39, 0.29) is 11.9 Å². The number of halogens is 1. The number of anilines is 1. The molecule has 0 aliphatic carbocycles. The minimum atomic E-state index is -0.223. The fourth-order valence-corrected chi connectivity index (χ4v) is 3.66. The molecule has 2 aromatic carbocycles. The molecular formula is C24H29FN6O. The second-order valence-corrected chi connectivity index (χ2v) is 8.08. The molecular weight excluding hydrogens is 407 g/mol. The summed E-state index contributed by atoms with van der Waals surface area (Å²) in [6.07, 6.45) is 2.88. The molecule has 7 nitrogen and oxygen atoms in total. The second-order valence-electron chi connectivity index (χ2n) is 8.08. The number of nitrogens with zero attached hydrogens (tertiary/aromatic N) is 4. The predicted molar refractivity (Wildman–Crippen MR) is 123 cm³/mol. The maximum Gasteiger partial charge on any atom is 0.196 e. The van der Waals surface area contributed by atoms with Crippen molar-refractivity contribution in [3.8, 4) is 5.75 Å². The molecule has 3 aromatic rings. The van der Waals surface area contributed by atoms with Crippen LogP contribution in [0.5, 0.6) is 5.75 Å². The molecule has 2 N–H and O–H groups in total. The monoisotopic (exact) mass is 436 g/mol. The number of nitrogens with one attached hydrogen (secondary N) is 2. The Labute approximate surface area is 187 Å². The maximum atomic E-state index is 13.5. The summed E-state index contributed by atoms with van der Waals surface area (Å²) >= 11 is 0. The van der Waals surface area contributed by atoms with Crippen LogP contribution < -0.4 is 15.4 Å². The minimum Gasteiger partial charge on any atom is -0.491 e. The summed E-state index contributed by atoms with van der Waals surface area (Å²) < 4.78 is 21.3. The highest BCUT2D eigenvalue weighted by Crippen LogP contribution is 2.17. The molecule has 8 heteroatoms. The molecule has 0 unspecified atom stereocenters. The van der Waals surface area contributed by atoms with Gasteiger partial charge in [0.1, 0.15) is 23.9 Å². The number of aryl methyl sites for hydroxylation is 1. The molecule has 4 rings (SSSR count). The summed E-state index contributed by atoms with van der Waals surface area (Å²) in [5.74, 6) is 3.13. The van der Waals surface area contributed by atoms with Crippen LogP contribution in [0.25, 0.3) is 0 Å². The molecule has 1 aromatic heterocycles. The van der Waals surface area contributed by atoms with Crippen molar-refractivity contribution in [1.29, 1.82) is 0 Å². The zero-order valence-corrected chi connectivity index (χ0v) is 18.5. The van der Waals surface area contributed by atoms with Gasteiger partial charge >= 0.3 is 0 Å². The Balaban J connectivity index is 1.43. The summed E-state index contributed by atoms with van der Waals surface area (Å²) in [6.45, 7) is 5.99. The van der Waals surface area contributed by atoms with Crippen molar-refractivity contribution in [2.75, 3.05) is 11.9 Å². The van der Waals surface area contributed by atoms with Gasteiger partial charge in [-0.05, 0) is 68.7 Å². The zero-order valence-electron chi connectivity index (χ0n) is 18.5. The summed E-state index contributed by atoms with van der Waals surface area (Å²) in [7, 11) is 0. The van der Waals surface area contributed by atoms with Gasteiger partial charge in [0.15, 0.2) is 11.8 Å².